The van der Waals surface area contributed by atoms with Gasteiger partial charge in [0, 0.05) is 12.6 Å². The first-order valence-corrected chi connectivity index (χ1v) is 15.2. The second-order valence-electron chi connectivity index (χ2n) is 9.98. The second kappa shape index (κ2) is 14.0. The highest BCUT2D eigenvalue weighted by molar-refractivity contribution is 7.92. The van der Waals surface area contributed by atoms with Crippen molar-refractivity contribution in [2.45, 2.75) is 59.4 Å². The number of hydrogen-bond donors (Lipinski definition) is 1. The number of nitrogens with one attached hydrogen (secondary N) is 1. The molecule has 0 aliphatic rings. The molecule has 0 fully saturated rings. The van der Waals surface area contributed by atoms with E-state index >= 15 is 0 Å². The normalized spacial score (nSPS) is 12.7. The van der Waals surface area contributed by atoms with Crippen LogP contribution in [0.1, 0.15) is 43.9 Å². The zero-order chi connectivity index (χ0) is 29.3. The van der Waals surface area contributed by atoms with Crippen molar-refractivity contribution in [2.75, 3.05) is 17.1 Å². The molecule has 0 heterocycles. The molecular formula is C31H39N3O5S. The predicted molar refractivity (Wildman–Crippen MR) is 158 cm³/mol. The summed E-state index contributed by atoms with van der Waals surface area (Å²) in [5, 5.41) is 2.93. The number of anilines is 1. The minimum absolute atomic E-state index is 0.0551. The molecule has 214 valence electrons. The lowest BCUT2D eigenvalue weighted by atomic mass is 10.1. The molecule has 2 amide bonds. The molecule has 0 aliphatic heterocycles. The van der Waals surface area contributed by atoms with E-state index in [1.54, 1.807) is 31.2 Å². The lowest BCUT2D eigenvalue weighted by Crippen LogP contribution is -2.52. The first-order valence-electron chi connectivity index (χ1n) is 13.4. The molecule has 0 saturated carbocycles. The van der Waals surface area contributed by atoms with Gasteiger partial charge < -0.3 is 15.0 Å². The number of aryl methyl sites for hydroxylation is 1. The van der Waals surface area contributed by atoms with E-state index < -0.39 is 28.5 Å². The highest BCUT2D eigenvalue weighted by Crippen LogP contribution is 2.23. The Bertz CT molecular complexity index is 1380. The highest BCUT2D eigenvalue weighted by atomic mass is 32.2. The molecule has 0 aromatic heterocycles. The van der Waals surface area contributed by atoms with E-state index in [-0.39, 0.29) is 18.5 Å². The van der Waals surface area contributed by atoms with Gasteiger partial charge in [0.25, 0.3) is 0 Å². The monoisotopic (exact) mass is 565 g/mol. The maximum atomic E-state index is 13.7. The van der Waals surface area contributed by atoms with Crippen LogP contribution in [0.15, 0.2) is 78.9 Å². The fourth-order valence-corrected chi connectivity index (χ4v) is 4.93. The lowest BCUT2D eigenvalue weighted by Gasteiger charge is -2.32. The summed E-state index contributed by atoms with van der Waals surface area (Å²) in [6.45, 7) is 7.56. The van der Waals surface area contributed by atoms with Crippen LogP contribution in [-0.2, 0) is 32.8 Å². The summed E-state index contributed by atoms with van der Waals surface area (Å²) in [6, 6.07) is 23.0. The van der Waals surface area contributed by atoms with Crippen LogP contribution >= 0.6 is 0 Å². The van der Waals surface area contributed by atoms with Crippen molar-refractivity contribution in [2.24, 2.45) is 0 Å². The average molecular weight is 566 g/mol. The molecule has 0 aliphatic carbocycles. The number of amides is 2. The summed E-state index contributed by atoms with van der Waals surface area (Å²) in [5.74, 6) is -0.198. The van der Waals surface area contributed by atoms with Crippen molar-refractivity contribution >= 4 is 27.5 Å². The SMILES string of the molecule is CC[C@H](C)NC(=O)[C@@H](C)N(Cc1ccccc1C)C(=O)CN(c1ccc(OCc2ccccc2)cc1)S(C)(=O)=O. The number of sulfonamides is 1. The smallest absolute Gasteiger partial charge is 0.244 e. The fourth-order valence-electron chi connectivity index (χ4n) is 4.08. The number of carbonyl (C=O) groups is 2. The van der Waals surface area contributed by atoms with Crippen LogP contribution in [0.25, 0.3) is 0 Å². The van der Waals surface area contributed by atoms with Gasteiger partial charge in [-0.2, -0.15) is 0 Å². The molecule has 3 rings (SSSR count). The Labute approximate surface area is 238 Å². The molecule has 40 heavy (non-hydrogen) atoms. The number of benzene rings is 3. The number of hydrogen-bond acceptors (Lipinski definition) is 5. The van der Waals surface area contributed by atoms with Crippen LogP contribution in [-0.4, -0.2) is 50.0 Å². The number of ether oxygens (including phenoxy) is 1. The van der Waals surface area contributed by atoms with Crippen molar-refractivity contribution in [1.29, 1.82) is 0 Å². The summed E-state index contributed by atoms with van der Waals surface area (Å²) in [4.78, 5) is 28.2. The standard InChI is InChI=1S/C31H39N3O5S/c1-6-24(3)32-31(36)25(4)33(20-27-15-11-10-12-23(27)2)30(35)21-34(40(5,37)38)28-16-18-29(19-17-28)39-22-26-13-8-7-9-14-26/h7-19,24-25H,6,20-22H2,1-5H3,(H,32,36)/t24-,25+/m0/s1. The van der Waals surface area contributed by atoms with Crippen LogP contribution in [0.4, 0.5) is 5.69 Å². The molecule has 0 spiro atoms. The number of carbonyl (C=O) groups excluding carboxylic acids is 2. The lowest BCUT2D eigenvalue weighted by molar-refractivity contribution is -0.139. The summed E-state index contributed by atoms with van der Waals surface area (Å²) < 4.78 is 32.5. The minimum atomic E-state index is -3.82. The molecular weight excluding hydrogens is 526 g/mol. The molecule has 9 heteroatoms. The molecule has 2 atom stereocenters. The molecule has 0 bridgehead atoms. The largest absolute Gasteiger partial charge is 0.489 e. The zero-order valence-electron chi connectivity index (χ0n) is 23.8. The van der Waals surface area contributed by atoms with E-state index in [9.17, 15) is 18.0 Å². The maximum Gasteiger partial charge on any atom is 0.244 e. The fraction of sp³-hybridized carbons (Fsp3) is 0.355. The van der Waals surface area contributed by atoms with Gasteiger partial charge in [-0.25, -0.2) is 8.42 Å². The van der Waals surface area contributed by atoms with Crippen molar-refractivity contribution < 1.29 is 22.7 Å². The van der Waals surface area contributed by atoms with E-state index in [0.29, 0.717) is 18.0 Å². The Hall–Kier alpha value is -3.85. The molecule has 0 radical (unpaired) electrons. The van der Waals surface area contributed by atoms with Gasteiger partial charge in [0.2, 0.25) is 21.8 Å². The molecule has 3 aromatic carbocycles. The average Bonchev–Trinajstić information content (AvgIpc) is 2.94. The van der Waals surface area contributed by atoms with Gasteiger partial charge in [-0.1, -0.05) is 61.5 Å². The quantitative estimate of drug-likeness (QED) is 0.325. The van der Waals surface area contributed by atoms with E-state index in [1.165, 1.54) is 4.90 Å². The van der Waals surface area contributed by atoms with Crippen LogP contribution in [0.5, 0.6) is 5.75 Å². The molecule has 8 nitrogen and oxygen atoms in total. The van der Waals surface area contributed by atoms with Gasteiger partial charge >= 0.3 is 0 Å². The highest BCUT2D eigenvalue weighted by Gasteiger charge is 2.30. The Morgan fingerprint density at radius 2 is 1.55 bits per heavy atom. The Morgan fingerprint density at radius 3 is 2.15 bits per heavy atom. The van der Waals surface area contributed by atoms with E-state index in [2.05, 4.69) is 5.32 Å². The van der Waals surface area contributed by atoms with Crippen molar-refractivity contribution in [3.05, 3.63) is 95.6 Å². The third kappa shape index (κ3) is 8.58. The van der Waals surface area contributed by atoms with Gasteiger partial charge in [-0.15, -0.1) is 0 Å². The predicted octanol–water partition coefficient (Wildman–Crippen LogP) is 4.67. The molecule has 0 unspecified atom stereocenters. The first kappa shape index (κ1) is 30.7. The van der Waals surface area contributed by atoms with Crippen LogP contribution < -0.4 is 14.4 Å². The molecule has 0 saturated heterocycles. The summed E-state index contributed by atoms with van der Waals surface area (Å²) in [5.41, 5.74) is 3.19. The Kier molecular flexibility index (Phi) is 10.7. The summed E-state index contributed by atoms with van der Waals surface area (Å²) in [7, 11) is -3.82. The zero-order valence-corrected chi connectivity index (χ0v) is 24.6. The van der Waals surface area contributed by atoms with E-state index in [1.807, 2.05) is 75.4 Å². The van der Waals surface area contributed by atoms with Gasteiger partial charge in [-0.05, 0) is 68.1 Å². The van der Waals surface area contributed by atoms with E-state index in [4.69, 9.17) is 4.74 Å². The topological polar surface area (TPSA) is 96.0 Å². The van der Waals surface area contributed by atoms with Gasteiger partial charge in [0.1, 0.15) is 24.9 Å². The van der Waals surface area contributed by atoms with Crippen molar-refractivity contribution in [1.82, 2.24) is 10.2 Å². The van der Waals surface area contributed by atoms with Crippen LogP contribution in [0.3, 0.4) is 0 Å². The van der Waals surface area contributed by atoms with Crippen LogP contribution in [0.2, 0.25) is 0 Å². The Morgan fingerprint density at radius 1 is 0.925 bits per heavy atom. The van der Waals surface area contributed by atoms with Crippen molar-refractivity contribution in [3.8, 4) is 5.75 Å². The molecule has 3 aromatic rings. The molecule has 1 N–H and O–H groups in total. The third-order valence-corrected chi connectivity index (χ3v) is 7.96. The third-order valence-electron chi connectivity index (χ3n) is 6.82. The van der Waals surface area contributed by atoms with Gasteiger partial charge in [-0.3, -0.25) is 13.9 Å². The first-order chi connectivity index (χ1) is 19.0. The number of nitrogens with zero attached hydrogens (tertiary/aromatic N) is 2. The van der Waals surface area contributed by atoms with Gasteiger partial charge in [0.05, 0.1) is 11.9 Å². The van der Waals surface area contributed by atoms with Gasteiger partial charge in [0.15, 0.2) is 0 Å². The maximum absolute atomic E-state index is 13.7. The second-order valence-corrected chi connectivity index (χ2v) is 11.9. The summed E-state index contributed by atoms with van der Waals surface area (Å²) >= 11 is 0. The Balaban J connectivity index is 1.83. The minimum Gasteiger partial charge on any atom is -0.489 e. The van der Waals surface area contributed by atoms with E-state index in [0.717, 1.165) is 33.7 Å². The summed E-state index contributed by atoms with van der Waals surface area (Å²) in [6.07, 6.45) is 1.81. The van der Waals surface area contributed by atoms with Crippen LogP contribution in [0, 0.1) is 6.92 Å². The number of rotatable bonds is 13. The van der Waals surface area contributed by atoms with Crippen molar-refractivity contribution in [3.63, 3.8) is 0 Å².